The lowest BCUT2D eigenvalue weighted by atomic mass is 10.1. The van der Waals surface area contributed by atoms with E-state index in [-0.39, 0.29) is 5.82 Å². The van der Waals surface area contributed by atoms with E-state index in [1.165, 1.54) is 11.6 Å². The van der Waals surface area contributed by atoms with E-state index in [4.69, 9.17) is 5.73 Å². The number of nitrogens with zero attached hydrogens (tertiary/aromatic N) is 1. The first-order valence-corrected chi connectivity index (χ1v) is 6.13. The largest absolute Gasteiger partial charge is 0.339 e. The quantitative estimate of drug-likeness (QED) is 0.877. The number of rotatable bonds is 2. The number of nitrogens with two attached hydrogens (primary N) is 1. The van der Waals surface area contributed by atoms with Crippen LogP contribution >= 0.6 is 0 Å². The van der Waals surface area contributed by atoms with E-state index >= 15 is 0 Å². The summed E-state index contributed by atoms with van der Waals surface area (Å²) in [6, 6.07) is 13.4. The van der Waals surface area contributed by atoms with Crippen molar-refractivity contribution in [2.24, 2.45) is 5.73 Å². The SMILES string of the molecule is NCc1ccc(N2CCc3ccccc32)c(F)c1. The Hall–Kier alpha value is -1.87. The molecule has 1 aliphatic rings. The first kappa shape index (κ1) is 11.2. The number of fused-ring (bicyclic) bond motifs is 1. The Morgan fingerprint density at radius 1 is 1.11 bits per heavy atom. The summed E-state index contributed by atoms with van der Waals surface area (Å²) < 4.78 is 14.1. The highest BCUT2D eigenvalue weighted by atomic mass is 19.1. The second-order valence-electron chi connectivity index (χ2n) is 4.52. The Morgan fingerprint density at radius 2 is 1.94 bits per heavy atom. The van der Waals surface area contributed by atoms with Crippen molar-refractivity contribution in [1.29, 1.82) is 0 Å². The minimum absolute atomic E-state index is 0.199. The maximum atomic E-state index is 14.1. The zero-order chi connectivity index (χ0) is 12.5. The molecule has 0 radical (unpaired) electrons. The molecule has 0 aromatic heterocycles. The monoisotopic (exact) mass is 242 g/mol. The van der Waals surface area contributed by atoms with E-state index in [0.717, 1.165) is 24.2 Å². The summed E-state index contributed by atoms with van der Waals surface area (Å²) in [5.74, 6) is -0.199. The lowest BCUT2D eigenvalue weighted by Gasteiger charge is -2.20. The highest BCUT2D eigenvalue weighted by Crippen LogP contribution is 2.35. The average Bonchev–Trinajstić information content (AvgIpc) is 2.82. The van der Waals surface area contributed by atoms with Crippen LogP contribution in [0.4, 0.5) is 15.8 Å². The summed E-state index contributed by atoms with van der Waals surface area (Å²) in [7, 11) is 0. The second kappa shape index (κ2) is 4.42. The molecule has 92 valence electrons. The molecular weight excluding hydrogens is 227 g/mol. The predicted molar refractivity (Wildman–Crippen MR) is 71.4 cm³/mol. The smallest absolute Gasteiger partial charge is 0.147 e. The van der Waals surface area contributed by atoms with Crippen molar-refractivity contribution in [2.75, 3.05) is 11.4 Å². The van der Waals surface area contributed by atoms with Gasteiger partial charge >= 0.3 is 0 Å². The van der Waals surface area contributed by atoms with Crippen LogP contribution < -0.4 is 10.6 Å². The van der Waals surface area contributed by atoms with E-state index in [1.54, 1.807) is 0 Å². The third-order valence-corrected chi connectivity index (χ3v) is 3.43. The molecule has 2 nitrogen and oxygen atoms in total. The molecular formula is C15H15FN2. The average molecular weight is 242 g/mol. The molecule has 0 saturated heterocycles. The molecule has 2 aromatic carbocycles. The standard InChI is InChI=1S/C15H15FN2/c16-13-9-11(10-17)5-6-15(13)18-8-7-12-3-1-2-4-14(12)18/h1-6,9H,7-8,10,17H2. The minimum atomic E-state index is -0.199. The van der Waals surface area contributed by atoms with Crippen LogP contribution in [0.5, 0.6) is 0 Å². The van der Waals surface area contributed by atoms with Gasteiger partial charge in [-0.25, -0.2) is 4.39 Å². The van der Waals surface area contributed by atoms with Crippen LogP contribution in [0.3, 0.4) is 0 Å². The van der Waals surface area contributed by atoms with Crippen molar-refractivity contribution in [1.82, 2.24) is 0 Å². The maximum absolute atomic E-state index is 14.1. The predicted octanol–water partition coefficient (Wildman–Crippen LogP) is 2.98. The maximum Gasteiger partial charge on any atom is 0.147 e. The Kier molecular flexibility index (Phi) is 2.76. The second-order valence-corrected chi connectivity index (χ2v) is 4.52. The zero-order valence-electron chi connectivity index (χ0n) is 10.1. The van der Waals surface area contributed by atoms with Gasteiger partial charge in [0, 0.05) is 18.8 Å². The number of hydrogen-bond donors (Lipinski definition) is 1. The fourth-order valence-corrected chi connectivity index (χ4v) is 2.48. The van der Waals surface area contributed by atoms with Gasteiger partial charge in [0.05, 0.1) is 5.69 Å². The normalized spacial score (nSPS) is 13.8. The fourth-order valence-electron chi connectivity index (χ4n) is 2.48. The highest BCUT2D eigenvalue weighted by Gasteiger charge is 2.21. The van der Waals surface area contributed by atoms with Crippen molar-refractivity contribution in [3.63, 3.8) is 0 Å². The molecule has 2 aromatic rings. The zero-order valence-corrected chi connectivity index (χ0v) is 10.1. The topological polar surface area (TPSA) is 29.3 Å². The van der Waals surface area contributed by atoms with Gasteiger partial charge in [-0.15, -0.1) is 0 Å². The molecule has 1 heterocycles. The molecule has 0 amide bonds. The molecule has 2 N–H and O–H groups in total. The van der Waals surface area contributed by atoms with Gasteiger partial charge in [0.15, 0.2) is 0 Å². The van der Waals surface area contributed by atoms with E-state index in [0.29, 0.717) is 12.2 Å². The highest BCUT2D eigenvalue weighted by molar-refractivity contribution is 5.70. The molecule has 3 heteroatoms. The Labute approximate surface area is 106 Å². The lowest BCUT2D eigenvalue weighted by Crippen LogP contribution is -2.15. The van der Waals surface area contributed by atoms with Crippen molar-refractivity contribution in [3.8, 4) is 0 Å². The molecule has 3 rings (SSSR count). The number of anilines is 2. The molecule has 0 aliphatic carbocycles. The van der Waals surface area contributed by atoms with Gasteiger partial charge in [-0.3, -0.25) is 0 Å². The van der Waals surface area contributed by atoms with Crippen LogP contribution in [0, 0.1) is 5.82 Å². The van der Waals surface area contributed by atoms with Crippen LogP contribution in [-0.4, -0.2) is 6.54 Å². The third kappa shape index (κ3) is 1.77. The van der Waals surface area contributed by atoms with Crippen LogP contribution in [-0.2, 0) is 13.0 Å². The molecule has 0 fully saturated rings. The van der Waals surface area contributed by atoms with E-state index in [1.807, 2.05) is 35.2 Å². The summed E-state index contributed by atoms with van der Waals surface area (Å²) in [4.78, 5) is 2.03. The van der Waals surface area contributed by atoms with Gasteiger partial charge in [0.2, 0.25) is 0 Å². The Bertz CT molecular complexity index is 580. The fraction of sp³-hybridized carbons (Fsp3) is 0.200. The summed E-state index contributed by atoms with van der Waals surface area (Å²) in [5, 5.41) is 0. The van der Waals surface area contributed by atoms with Crippen molar-refractivity contribution in [3.05, 3.63) is 59.4 Å². The van der Waals surface area contributed by atoms with Crippen molar-refractivity contribution < 1.29 is 4.39 Å². The molecule has 0 spiro atoms. The summed E-state index contributed by atoms with van der Waals surface area (Å²) in [6.07, 6.45) is 0.967. The van der Waals surface area contributed by atoms with E-state index in [2.05, 4.69) is 6.07 Å². The van der Waals surface area contributed by atoms with Gasteiger partial charge in [-0.2, -0.15) is 0 Å². The van der Waals surface area contributed by atoms with Gasteiger partial charge in [0.25, 0.3) is 0 Å². The van der Waals surface area contributed by atoms with Gasteiger partial charge in [0.1, 0.15) is 5.82 Å². The Balaban J connectivity index is 2.02. The Morgan fingerprint density at radius 3 is 2.72 bits per heavy atom. The number of halogens is 1. The first-order valence-electron chi connectivity index (χ1n) is 6.13. The van der Waals surface area contributed by atoms with E-state index < -0.39 is 0 Å². The van der Waals surface area contributed by atoms with Gasteiger partial charge in [-0.1, -0.05) is 24.3 Å². The number of benzene rings is 2. The molecule has 18 heavy (non-hydrogen) atoms. The molecule has 0 unspecified atom stereocenters. The van der Waals surface area contributed by atoms with E-state index in [9.17, 15) is 4.39 Å². The summed E-state index contributed by atoms with van der Waals surface area (Å²) >= 11 is 0. The first-order chi connectivity index (χ1) is 8.79. The molecule has 1 aliphatic heterocycles. The van der Waals surface area contributed by atoms with Crippen LogP contribution in [0.2, 0.25) is 0 Å². The van der Waals surface area contributed by atoms with Crippen LogP contribution in [0.1, 0.15) is 11.1 Å². The molecule has 0 atom stereocenters. The lowest BCUT2D eigenvalue weighted by molar-refractivity contribution is 0.623. The van der Waals surface area contributed by atoms with Crippen molar-refractivity contribution in [2.45, 2.75) is 13.0 Å². The minimum Gasteiger partial charge on any atom is -0.339 e. The molecule has 0 saturated carbocycles. The number of para-hydroxylation sites is 1. The number of hydrogen-bond acceptors (Lipinski definition) is 2. The van der Waals surface area contributed by atoms with Crippen LogP contribution in [0.25, 0.3) is 0 Å². The van der Waals surface area contributed by atoms with Crippen LogP contribution in [0.15, 0.2) is 42.5 Å². The summed E-state index contributed by atoms with van der Waals surface area (Å²) in [6.45, 7) is 1.20. The van der Waals surface area contributed by atoms with Gasteiger partial charge in [-0.05, 0) is 35.7 Å². The van der Waals surface area contributed by atoms with Crippen molar-refractivity contribution >= 4 is 11.4 Å². The summed E-state index contributed by atoms with van der Waals surface area (Å²) in [5.41, 5.74) is 9.36. The molecule has 0 bridgehead atoms. The third-order valence-electron chi connectivity index (χ3n) is 3.43. The van der Waals surface area contributed by atoms with Gasteiger partial charge < -0.3 is 10.6 Å².